The van der Waals surface area contributed by atoms with Crippen LogP contribution in [0.15, 0.2) is 71.8 Å². The molecule has 0 spiro atoms. The van der Waals surface area contributed by atoms with Gasteiger partial charge in [-0.2, -0.15) is 10.1 Å². The van der Waals surface area contributed by atoms with Gasteiger partial charge < -0.3 is 10.2 Å². The largest absolute Gasteiger partial charge is 0.504 e. The fourth-order valence-electron chi connectivity index (χ4n) is 5.52. The highest BCUT2D eigenvalue weighted by atomic mass is 16.3. The Morgan fingerprint density at radius 3 is 1.65 bits per heavy atom. The molecule has 152 valence electrons. The molecule has 31 heavy (non-hydrogen) atoms. The predicted octanol–water partition coefficient (Wildman–Crippen LogP) is 3.32. The summed E-state index contributed by atoms with van der Waals surface area (Å²) in [6.07, 6.45) is 1.36. The van der Waals surface area contributed by atoms with E-state index in [2.05, 4.69) is 29.4 Å². The SMILES string of the molecule is O=C1[C@@H]2C3c4ccccc4C(c4ccccc43)[C@@H]2C(=O)N1/N=C\c1ccc(O)c(O)c1. The zero-order chi connectivity index (χ0) is 21.3. The third kappa shape index (κ3) is 2.36. The van der Waals surface area contributed by atoms with Crippen molar-refractivity contribution in [3.05, 3.63) is 94.5 Å². The highest BCUT2D eigenvalue weighted by Gasteiger charge is 2.61. The van der Waals surface area contributed by atoms with Gasteiger partial charge in [0, 0.05) is 11.8 Å². The summed E-state index contributed by atoms with van der Waals surface area (Å²) in [5.74, 6) is -2.43. The smallest absolute Gasteiger partial charge is 0.254 e. The number of hydrogen-bond donors (Lipinski definition) is 2. The second-order valence-electron chi connectivity index (χ2n) is 8.25. The lowest BCUT2D eigenvalue weighted by molar-refractivity contribution is -0.139. The summed E-state index contributed by atoms with van der Waals surface area (Å²) in [7, 11) is 0. The zero-order valence-corrected chi connectivity index (χ0v) is 16.3. The van der Waals surface area contributed by atoms with E-state index in [1.165, 1.54) is 18.3 Å². The minimum Gasteiger partial charge on any atom is -0.504 e. The summed E-state index contributed by atoms with van der Waals surface area (Å²) in [5.41, 5.74) is 4.93. The summed E-state index contributed by atoms with van der Waals surface area (Å²) in [4.78, 5) is 26.8. The fourth-order valence-corrected chi connectivity index (χ4v) is 5.52. The van der Waals surface area contributed by atoms with Gasteiger partial charge >= 0.3 is 0 Å². The summed E-state index contributed by atoms with van der Waals surface area (Å²) >= 11 is 0. The molecule has 7 rings (SSSR count). The Labute approximate surface area is 178 Å². The second-order valence-corrected chi connectivity index (χ2v) is 8.25. The zero-order valence-electron chi connectivity index (χ0n) is 16.3. The van der Waals surface area contributed by atoms with Crippen molar-refractivity contribution in [3.63, 3.8) is 0 Å². The molecule has 0 saturated carbocycles. The first-order chi connectivity index (χ1) is 15.1. The average Bonchev–Trinajstić information content (AvgIpc) is 3.05. The maximum absolute atomic E-state index is 13.4. The van der Waals surface area contributed by atoms with Crippen LogP contribution in [0, 0.1) is 11.8 Å². The molecule has 4 aliphatic rings. The summed E-state index contributed by atoms with van der Waals surface area (Å²) in [5, 5.41) is 24.3. The van der Waals surface area contributed by atoms with Gasteiger partial charge in [0.15, 0.2) is 11.5 Å². The number of amides is 2. The van der Waals surface area contributed by atoms with Gasteiger partial charge in [-0.25, -0.2) is 0 Å². The van der Waals surface area contributed by atoms with Crippen molar-refractivity contribution in [2.45, 2.75) is 11.8 Å². The van der Waals surface area contributed by atoms with E-state index in [9.17, 15) is 19.8 Å². The van der Waals surface area contributed by atoms with Gasteiger partial charge in [0.1, 0.15) is 0 Å². The van der Waals surface area contributed by atoms with Gasteiger partial charge in [-0.15, -0.1) is 0 Å². The number of carbonyl (C=O) groups excluding carboxylic acids is 2. The molecule has 2 amide bonds. The Bertz CT molecular complexity index is 1180. The van der Waals surface area contributed by atoms with Crippen LogP contribution in [0.4, 0.5) is 0 Å². The Kier molecular flexibility index (Phi) is 3.63. The van der Waals surface area contributed by atoms with Crippen LogP contribution in [0.5, 0.6) is 11.5 Å². The summed E-state index contributed by atoms with van der Waals surface area (Å²) < 4.78 is 0. The number of phenolic OH excluding ortho intramolecular Hbond substituents is 2. The number of phenols is 2. The van der Waals surface area contributed by atoms with E-state index in [0.717, 1.165) is 27.3 Å². The van der Waals surface area contributed by atoms with Crippen molar-refractivity contribution in [1.82, 2.24) is 5.01 Å². The standard InChI is InChI=1S/C25H18N2O4/c28-18-10-9-13(11-19(18)29)12-26-27-24(30)22-20-14-5-1-2-6-15(14)21(23(22)25(27)31)17-8-4-3-7-16(17)20/h1-12,20-23,28-29H/b26-12-/t20?,21?,22-,23+. The van der Waals surface area contributed by atoms with Crippen molar-refractivity contribution in [2.75, 3.05) is 0 Å². The average molecular weight is 410 g/mol. The molecule has 1 heterocycles. The summed E-state index contributed by atoms with van der Waals surface area (Å²) in [6.45, 7) is 0. The van der Waals surface area contributed by atoms with E-state index in [1.54, 1.807) is 6.07 Å². The number of hydrazone groups is 1. The van der Waals surface area contributed by atoms with E-state index in [-0.39, 0.29) is 35.1 Å². The monoisotopic (exact) mass is 410 g/mol. The van der Waals surface area contributed by atoms with E-state index < -0.39 is 11.8 Å². The fraction of sp³-hybridized carbons (Fsp3) is 0.160. The lowest BCUT2D eigenvalue weighted by Gasteiger charge is -2.45. The highest BCUT2D eigenvalue weighted by Crippen LogP contribution is 2.60. The first kappa shape index (κ1) is 17.9. The first-order valence-electron chi connectivity index (χ1n) is 10.2. The number of nitrogens with zero attached hydrogens (tertiary/aromatic N) is 2. The third-order valence-electron chi connectivity index (χ3n) is 6.75. The topological polar surface area (TPSA) is 90.2 Å². The minimum atomic E-state index is -0.479. The van der Waals surface area contributed by atoms with Gasteiger partial charge in [-0.1, -0.05) is 48.5 Å². The van der Waals surface area contributed by atoms with Gasteiger partial charge in [0.25, 0.3) is 11.8 Å². The number of hydrogen-bond acceptors (Lipinski definition) is 5. The van der Waals surface area contributed by atoms with Crippen LogP contribution in [0.25, 0.3) is 0 Å². The van der Waals surface area contributed by atoms with Gasteiger partial charge in [0.2, 0.25) is 0 Å². The Morgan fingerprint density at radius 2 is 1.19 bits per heavy atom. The van der Waals surface area contributed by atoms with Crippen molar-refractivity contribution < 1.29 is 19.8 Å². The van der Waals surface area contributed by atoms with E-state index >= 15 is 0 Å². The highest BCUT2D eigenvalue weighted by molar-refractivity contribution is 6.08. The molecule has 0 unspecified atom stereocenters. The van der Waals surface area contributed by atoms with Gasteiger partial charge in [0.05, 0.1) is 18.1 Å². The van der Waals surface area contributed by atoms with E-state index in [4.69, 9.17) is 0 Å². The Morgan fingerprint density at radius 1 is 0.710 bits per heavy atom. The van der Waals surface area contributed by atoms with Crippen LogP contribution in [-0.4, -0.2) is 33.3 Å². The first-order valence-corrected chi connectivity index (χ1v) is 10.2. The molecule has 1 fully saturated rings. The van der Waals surface area contributed by atoms with E-state index in [1.807, 2.05) is 24.3 Å². The van der Waals surface area contributed by atoms with Crippen LogP contribution in [0.2, 0.25) is 0 Å². The van der Waals surface area contributed by atoms with Crippen LogP contribution in [-0.2, 0) is 9.59 Å². The van der Waals surface area contributed by atoms with Gasteiger partial charge in [-0.3, -0.25) is 9.59 Å². The maximum atomic E-state index is 13.4. The number of aromatic hydroxyl groups is 2. The molecule has 0 aromatic heterocycles. The van der Waals surface area contributed by atoms with Crippen molar-refractivity contribution in [2.24, 2.45) is 16.9 Å². The van der Waals surface area contributed by atoms with Crippen molar-refractivity contribution in [3.8, 4) is 11.5 Å². The molecule has 3 aliphatic carbocycles. The quantitative estimate of drug-likeness (QED) is 0.385. The number of carbonyl (C=O) groups is 2. The number of rotatable bonds is 2. The molecular weight excluding hydrogens is 392 g/mol. The molecular formula is C25H18N2O4. The number of imide groups is 1. The molecule has 3 aromatic rings. The third-order valence-corrected chi connectivity index (χ3v) is 6.75. The predicted molar refractivity (Wildman–Crippen MR) is 113 cm³/mol. The van der Waals surface area contributed by atoms with Crippen LogP contribution in [0.1, 0.15) is 39.7 Å². The van der Waals surface area contributed by atoms with Crippen molar-refractivity contribution >= 4 is 18.0 Å². The Balaban J connectivity index is 1.44. The van der Waals surface area contributed by atoms with E-state index in [0.29, 0.717) is 5.56 Å². The van der Waals surface area contributed by atoms with Crippen LogP contribution >= 0.6 is 0 Å². The molecule has 2 atom stereocenters. The van der Waals surface area contributed by atoms with Crippen molar-refractivity contribution in [1.29, 1.82) is 0 Å². The molecule has 3 aromatic carbocycles. The molecule has 6 nitrogen and oxygen atoms in total. The lowest BCUT2D eigenvalue weighted by Crippen LogP contribution is -2.41. The molecule has 0 radical (unpaired) electrons. The Hall–Kier alpha value is -3.93. The summed E-state index contributed by atoms with van der Waals surface area (Å²) in [6, 6.07) is 20.3. The molecule has 1 saturated heterocycles. The molecule has 1 aliphatic heterocycles. The van der Waals surface area contributed by atoms with Gasteiger partial charge in [-0.05, 0) is 46.0 Å². The molecule has 2 N–H and O–H groups in total. The van der Waals surface area contributed by atoms with Crippen LogP contribution < -0.4 is 0 Å². The van der Waals surface area contributed by atoms with Crippen LogP contribution in [0.3, 0.4) is 0 Å². The lowest BCUT2D eigenvalue weighted by atomic mass is 9.55. The number of benzene rings is 3. The molecule has 6 heteroatoms. The minimum absolute atomic E-state index is 0.170. The molecule has 2 bridgehead atoms. The normalized spacial score (nSPS) is 25.6. The second kappa shape index (κ2) is 6.28. The maximum Gasteiger partial charge on any atom is 0.254 e.